The second-order valence-corrected chi connectivity index (χ2v) is 3.54. The topological polar surface area (TPSA) is 81.4 Å². The molecule has 86 valence electrons. The predicted molar refractivity (Wildman–Crippen MR) is 52.9 cm³/mol. The Labute approximate surface area is 91.9 Å². The quantitative estimate of drug-likeness (QED) is 0.763. The minimum atomic E-state index is -0.586. The molecule has 0 radical (unpaired) electrons. The van der Waals surface area contributed by atoms with Gasteiger partial charge in [0.25, 0.3) is 5.91 Å². The van der Waals surface area contributed by atoms with Crippen LogP contribution in [0, 0.1) is 0 Å². The van der Waals surface area contributed by atoms with Crippen LogP contribution in [-0.4, -0.2) is 29.7 Å². The van der Waals surface area contributed by atoms with E-state index in [4.69, 9.17) is 9.26 Å². The van der Waals surface area contributed by atoms with Crippen molar-refractivity contribution >= 4 is 11.9 Å². The van der Waals surface area contributed by atoms with Crippen LogP contribution in [0.2, 0.25) is 0 Å². The Morgan fingerprint density at radius 1 is 1.62 bits per heavy atom. The lowest BCUT2D eigenvalue weighted by Crippen LogP contribution is -2.24. The molecular formula is C10H12N2O4. The number of hydrogen-bond donors (Lipinski definition) is 1. The highest BCUT2D eigenvalue weighted by molar-refractivity contribution is 5.95. The summed E-state index contributed by atoms with van der Waals surface area (Å²) in [5.74, 6) is -0.891. The average Bonchev–Trinajstić information content (AvgIpc) is 2.93. The molecule has 1 aromatic heterocycles. The summed E-state index contributed by atoms with van der Waals surface area (Å²) in [4.78, 5) is 22.7. The Balaban J connectivity index is 2.00. The molecule has 0 bridgehead atoms. The van der Waals surface area contributed by atoms with Gasteiger partial charge in [-0.25, -0.2) is 4.79 Å². The van der Waals surface area contributed by atoms with E-state index in [0.717, 1.165) is 12.8 Å². The highest BCUT2D eigenvalue weighted by atomic mass is 16.5. The van der Waals surface area contributed by atoms with Crippen molar-refractivity contribution in [3.05, 3.63) is 17.5 Å². The van der Waals surface area contributed by atoms with Gasteiger partial charge in [0.05, 0.1) is 6.61 Å². The van der Waals surface area contributed by atoms with Crippen LogP contribution < -0.4 is 5.32 Å². The molecule has 1 amide bonds. The van der Waals surface area contributed by atoms with Gasteiger partial charge in [0, 0.05) is 12.1 Å². The number of carbonyl (C=O) groups is 2. The molecule has 6 nitrogen and oxygen atoms in total. The van der Waals surface area contributed by atoms with Crippen molar-refractivity contribution in [2.75, 3.05) is 6.61 Å². The van der Waals surface area contributed by atoms with Gasteiger partial charge in [-0.1, -0.05) is 5.16 Å². The summed E-state index contributed by atoms with van der Waals surface area (Å²) in [6.07, 6.45) is 1.98. The highest BCUT2D eigenvalue weighted by Gasteiger charge is 2.26. The van der Waals surface area contributed by atoms with Crippen LogP contribution in [0.25, 0.3) is 0 Å². The molecule has 1 saturated carbocycles. The molecule has 0 saturated heterocycles. The van der Waals surface area contributed by atoms with Gasteiger partial charge in [-0.15, -0.1) is 0 Å². The van der Waals surface area contributed by atoms with Gasteiger partial charge in [-0.05, 0) is 19.8 Å². The van der Waals surface area contributed by atoms with Crippen molar-refractivity contribution in [1.29, 1.82) is 0 Å². The Morgan fingerprint density at radius 3 is 3.00 bits per heavy atom. The second kappa shape index (κ2) is 4.34. The first-order valence-electron chi connectivity index (χ1n) is 5.15. The molecule has 2 rings (SSSR count). The number of rotatable bonds is 4. The van der Waals surface area contributed by atoms with E-state index < -0.39 is 5.97 Å². The first-order valence-corrected chi connectivity index (χ1v) is 5.15. The van der Waals surface area contributed by atoms with Crippen LogP contribution in [0.15, 0.2) is 10.6 Å². The minimum absolute atomic E-state index is 0.0165. The lowest BCUT2D eigenvalue weighted by molar-refractivity contribution is 0.0514. The summed E-state index contributed by atoms with van der Waals surface area (Å²) in [7, 11) is 0. The summed E-state index contributed by atoms with van der Waals surface area (Å²) >= 11 is 0. The number of nitrogens with zero attached hydrogens (tertiary/aromatic N) is 1. The number of ether oxygens (including phenoxy) is 1. The van der Waals surface area contributed by atoms with Crippen LogP contribution in [0.5, 0.6) is 0 Å². The summed E-state index contributed by atoms with van der Waals surface area (Å²) in [6, 6.07) is 1.53. The van der Waals surface area contributed by atoms with Gasteiger partial charge < -0.3 is 14.6 Å². The maximum atomic E-state index is 11.5. The third-order valence-corrected chi connectivity index (χ3v) is 2.13. The van der Waals surface area contributed by atoms with E-state index in [0.29, 0.717) is 0 Å². The molecule has 0 aromatic carbocycles. The maximum Gasteiger partial charge on any atom is 0.360 e. The minimum Gasteiger partial charge on any atom is -0.461 e. The van der Waals surface area contributed by atoms with Crippen LogP contribution in [0.1, 0.15) is 40.8 Å². The zero-order valence-electron chi connectivity index (χ0n) is 8.86. The van der Waals surface area contributed by atoms with E-state index in [1.54, 1.807) is 6.92 Å². The third kappa shape index (κ3) is 2.39. The van der Waals surface area contributed by atoms with Crippen LogP contribution in [0.3, 0.4) is 0 Å². The fraction of sp³-hybridized carbons (Fsp3) is 0.500. The Kier molecular flexibility index (Phi) is 2.89. The van der Waals surface area contributed by atoms with Gasteiger partial charge in [-0.2, -0.15) is 0 Å². The molecule has 0 spiro atoms. The summed E-state index contributed by atoms with van der Waals surface area (Å²) in [5, 5.41) is 6.20. The van der Waals surface area contributed by atoms with Crippen molar-refractivity contribution in [2.24, 2.45) is 0 Å². The van der Waals surface area contributed by atoms with Crippen molar-refractivity contribution in [1.82, 2.24) is 10.5 Å². The SMILES string of the molecule is CCOC(=O)c1cc(C(=O)NC2CC2)on1. The van der Waals surface area contributed by atoms with E-state index in [-0.39, 0.29) is 30.0 Å². The molecule has 16 heavy (non-hydrogen) atoms. The number of amides is 1. The highest BCUT2D eigenvalue weighted by Crippen LogP contribution is 2.19. The van der Waals surface area contributed by atoms with Gasteiger partial charge in [0.1, 0.15) is 0 Å². The second-order valence-electron chi connectivity index (χ2n) is 3.54. The van der Waals surface area contributed by atoms with Crippen molar-refractivity contribution in [3.63, 3.8) is 0 Å². The summed E-state index contributed by atoms with van der Waals surface area (Å²) in [5.41, 5.74) is 0.0165. The summed E-state index contributed by atoms with van der Waals surface area (Å²) in [6.45, 7) is 1.95. The number of esters is 1. The van der Waals surface area contributed by atoms with E-state index in [1.807, 2.05) is 0 Å². The Bertz CT molecular complexity index is 409. The molecule has 0 atom stereocenters. The Hall–Kier alpha value is -1.85. The number of carbonyl (C=O) groups excluding carboxylic acids is 2. The molecule has 0 unspecified atom stereocenters. The number of hydrogen-bond acceptors (Lipinski definition) is 5. The van der Waals surface area contributed by atoms with Gasteiger partial charge in [-0.3, -0.25) is 4.79 Å². The van der Waals surface area contributed by atoms with Crippen molar-refractivity contribution in [3.8, 4) is 0 Å². The molecule has 1 fully saturated rings. The molecule has 1 N–H and O–H groups in total. The fourth-order valence-corrected chi connectivity index (χ4v) is 1.17. The average molecular weight is 224 g/mol. The normalized spacial score (nSPS) is 14.6. The van der Waals surface area contributed by atoms with E-state index >= 15 is 0 Å². The van der Waals surface area contributed by atoms with Crippen molar-refractivity contribution in [2.45, 2.75) is 25.8 Å². The van der Waals surface area contributed by atoms with Gasteiger partial charge in [0.2, 0.25) is 5.76 Å². The fourth-order valence-electron chi connectivity index (χ4n) is 1.17. The number of aromatic nitrogens is 1. The molecule has 0 aliphatic heterocycles. The largest absolute Gasteiger partial charge is 0.461 e. The van der Waals surface area contributed by atoms with E-state index in [2.05, 4.69) is 10.5 Å². The van der Waals surface area contributed by atoms with Crippen LogP contribution >= 0.6 is 0 Å². The third-order valence-electron chi connectivity index (χ3n) is 2.13. The van der Waals surface area contributed by atoms with E-state index in [9.17, 15) is 9.59 Å². The molecule has 1 aliphatic carbocycles. The van der Waals surface area contributed by atoms with Crippen LogP contribution in [0.4, 0.5) is 0 Å². The molecule has 1 aliphatic rings. The van der Waals surface area contributed by atoms with Gasteiger partial charge >= 0.3 is 5.97 Å². The first kappa shape index (κ1) is 10.7. The van der Waals surface area contributed by atoms with Gasteiger partial charge in [0.15, 0.2) is 5.69 Å². The zero-order valence-corrected chi connectivity index (χ0v) is 8.86. The smallest absolute Gasteiger partial charge is 0.360 e. The lowest BCUT2D eigenvalue weighted by Gasteiger charge is -1.96. The molecular weight excluding hydrogens is 212 g/mol. The number of nitrogens with one attached hydrogen (secondary N) is 1. The lowest BCUT2D eigenvalue weighted by atomic mass is 10.3. The monoisotopic (exact) mass is 224 g/mol. The van der Waals surface area contributed by atoms with Crippen LogP contribution in [-0.2, 0) is 4.74 Å². The first-order chi connectivity index (χ1) is 7.70. The Morgan fingerprint density at radius 2 is 2.38 bits per heavy atom. The molecule has 1 heterocycles. The zero-order chi connectivity index (χ0) is 11.5. The molecule has 1 aromatic rings. The molecule has 6 heteroatoms. The standard InChI is InChI=1S/C10H12N2O4/c1-2-15-10(14)7-5-8(16-12-7)9(13)11-6-3-4-6/h5-6H,2-4H2,1H3,(H,11,13). The summed E-state index contributed by atoms with van der Waals surface area (Å²) < 4.78 is 9.48. The predicted octanol–water partition coefficient (Wildman–Crippen LogP) is 0.743. The maximum absolute atomic E-state index is 11.5. The van der Waals surface area contributed by atoms with E-state index in [1.165, 1.54) is 6.07 Å². The van der Waals surface area contributed by atoms with Crippen molar-refractivity contribution < 1.29 is 18.8 Å².